The Labute approximate surface area is 245 Å². The fourth-order valence-corrected chi connectivity index (χ4v) is 6.51. The molecule has 5 rings (SSSR count). The maximum atomic E-state index is 14.0. The Morgan fingerprint density at radius 2 is 1.86 bits per heavy atom. The maximum absolute atomic E-state index is 14.0. The van der Waals surface area contributed by atoms with Gasteiger partial charge in [-0.15, -0.1) is 0 Å². The molecule has 10 nitrogen and oxygen atoms in total. The van der Waals surface area contributed by atoms with E-state index in [0.29, 0.717) is 41.2 Å². The third-order valence-corrected chi connectivity index (χ3v) is 8.62. The van der Waals surface area contributed by atoms with Gasteiger partial charge in [-0.05, 0) is 60.7 Å². The van der Waals surface area contributed by atoms with Crippen molar-refractivity contribution in [2.75, 3.05) is 33.9 Å². The van der Waals surface area contributed by atoms with Crippen LogP contribution in [0.15, 0.2) is 48.0 Å². The lowest BCUT2D eigenvalue weighted by Crippen LogP contribution is -2.57. The molecule has 226 valence electrons. The molecule has 1 aliphatic heterocycles. The molecule has 3 aliphatic rings. The van der Waals surface area contributed by atoms with Crippen LogP contribution in [0, 0.1) is 5.92 Å². The van der Waals surface area contributed by atoms with Gasteiger partial charge in [-0.3, -0.25) is 9.59 Å². The number of ether oxygens (including phenoxy) is 3. The van der Waals surface area contributed by atoms with Crippen LogP contribution in [0.1, 0.15) is 48.3 Å². The zero-order chi connectivity index (χ0) is 29.8. The molecular formula is C32H40N2O8. The zero-order valence-electron chi connectivity index (χ0n) is 24.1. The summed E-state index contributed by atoms with van der Waals surface area (Å²) >= 11 is 0. The molecule has 1 saturated carbocycles. The average Bonchev–Trinajstić information content (AvgIpc) is 3.69. The molecule has 2 aromatic carbocycles. The van der Waals surface area contributed by atoms with Gasteiger partial charge in [0.25, 0.3) is 0 Å². The molecule has 0 bridgehead atoms. The maximum Gasteiger partial charge on any atom is 0.247 e. The van der Waals surface area contributed by atoms with Gasteiger partial charge in [-0.25, -0.2) is 0 Å². The van der Waals surface area contributed by atoms with Crippen molar-refractivity contribution in [3.05, 3.63) is 64.7 Å². The van der Waals surface area contributed by atoms with Crippen molar-refractivity contribution in [3.8, 4) is 17.2 Å². The van der Waals surface area contributed by atoms with Crippen LogP contribution in [0.5, 0.6) is 17.2 Å². The normalized spacial score (nSPS) is 22.9. The number of hydrogen-bond donors (Lipinski definition) is 4. The summed E-state index contributed by atoms with van der Waals surface area (Å²) in [4.78, 5) is 29.3. The van der Waals surface area contributed by atoms with Gasteiger partial charge in [0.15, 0.2) is 11.5 Å². The summed E-state index contributed by atoms with van der Waals surface area (Å²) in [5, 5.41) is 33.9. The predicted molar refractivity (Wildman–Crippen MR) is 154 cm³/mol. The van der Waals surface area contributed by atoms with E-state index in [4.69, 9.17) is 14.2 Å². The van der Waals surface area contributed by atoms with Crippen molar-refractivity contribution < 1.29 is 39.1 Å². The quantitative estimate of drug-likeness (QED) is 0.317. The summed E-state index contributed by atoms with van der Waals surface area (Å²) in [6.07, 6.45) is 3.75. The first-order chi connectivity index (χ1) is 20.4. The van der Waals surface area contributed by atoms with Crippen molar-refractivity contribution in [3.63, 3.8) is 0 Å². The number of amides is 2. The number of benzene rings is 2. The van der Waals surface area contributed by atoms with Gasteiger partial charge >= 0.3 is 0 Å². The number of rotatable bonds is 11. The summed E-state index contributed by atoms with van der Waals surface area (Å²) in [7, 11) is 3.10. The van der Waals surface area contributed by atoms with E-state index in [1.54, 1.807) is 30.2 Å². The number of carbonyl (C=O) groups excluding carboxylic acids is 2. The van der Waals surface area contributed by atoms with E-state index >= 15 is 0 Å². The molecule has 2 amide bonds. The Kier molecular flexibility index (Phi) is 9.35. The van der Waals surface area contributed by atoms with E-state index in [0.717, 1.165) is 37.0 Å². The van der Waals surface area contributed by atoms with Gasteiger partial charge < -0.3 is 39.7 Å². The van der Waals surface area contributed by atoms with Crippen molar-refractivity contribution >= 4 is 11.8 Å². The minimum Gasteiger partial charge on any atom is -0.497 e. The van der Waals surface area contributed by atoms with Crippen LogP contribution < -0.4 is 19.5 Å². The van der Waals surface area contributed by atoms with Gasteiger partial charge in [0.1, 0.15) is 18.0 Å². The Morgan fingerprint density at radius 3 is 2.55 bits per heavy atom. The van der Waals surface area contributed by atoms with E-state index in [2.05, 4.69) is 5.32 Å². The number of carbonyl (C=O) groups is 2. The second-order valence-corrected chi connectivity index (χ2v) is 11.1. The molecule has 10 heteroatoms. The topological polar surface area (TPSA) is 138 Å². The van der Waals surface area contributed by atoms with Crippen LogP contribution in [0.4, 0.5) is 0 Å². The first-order valence-electron chi connectivity index (χ1n) is 14.6. The van der Waals surface area contributed by atoms with Crippen molar-refractivity contribution in [1.29, 1.82) is 0 Å². The highest BCUT2D eigenvalue weighted by atomic mass is 16.5. The molecular weight excluding hydrogens is 540 g/mol. The first-order valence-corrected chi connectivity index (χ1v) is 14.6. The Bertz CT molecular complexity index is 1320. The van der Waals surface area contributed by atoms with Crippen LogP contribution in [-0.4, -0.2) is 84.2 Å². The lowest BCUT2D eigenvalue weighted by atomic mass is 9.77. The number of aliphatic hydroxyl groups is 3. The second kappa shape index (κ2) is 13.1. The van der Waals surface area contributed by atoms with E-state index in [1.807, 2.05) is 24.3 Å². The van der Waals surface area contributed by atoms with Gasteiger partial charge in [0, 0.05) is 30.1 Å². The molecule has 1 fully saturated rings. The zero-order valence-corrected chi connectivity index (χ0v) is 24.1. The Morgan fingerprint density at radius 1 is 1.07 bits per heavy atom. The monoisotopic (exact) mass is 580 g/mol. The molecule has 0 saturated heterocycles. The highest BCUT2D eigenvalue weighted by molar-refractivity contribution is 5.96. The second-order valence-electron chi connectivity index (χ2n) is 11.1. The molecule has 4 atom stereocenters. The summed E-state index contributed by atoms with van der Waals surface area (Å²) in [5.41, 5.74) is 2.52. The van der Waals surface area contributed by atoms with Crippen LogP contribution in [0.3, 0.4) is 0 Å². The molecule has 42 heavy (non-hydrogen) atoms. The molecule has 1 heterocycles. The number of hydrogen-bond acceptors (Lipinski definition) is 8. The molecule has 0 radical (unpaired) electrons. The van der Waals surface area contributed by atoms with Crippen LogP contribution in [0.25, 0.3) is 0 Å². The van der Waals surface area contributed by atoms with Crippen LogP contribution >= 0.6 is 0 Å². The van der Waals surface area contributed by atoms with Crippen molar-refractivity contribution in [2.24, 2.45) is 5.92 Å². The van der Waals surface area contributed by atoms with E-state index < -0.39 is 30.1 Å². The molecule has 4 unspecified atom stereocenters. The number of nitrogens with one attached hydrogen (secondary N) is 1. The third kappa shape index (κ3) is 5.84. The Hall–Kier alpha value is -3.60. The van der Waals surface area contributed by atoms with Gasteiger partial charge in [-0.1, -0.05) is 25.0 Å². The molecule has 2 aliphatic carbocycles. The fraction of sp³-hybridized carbons (Fsp3) is 0.500. The molecule has 2 aromatic rings. The number of fused-ring (bicyclic) bond motifs is 3. The molecule has 0 spiro atoms. The number of aliphatic hydroxyl groups excluding tert-OH is 3. The minimum atomic E-state index is -1.14. The highest BCUT2D eigenvalue weighted by Gasteiger charge is 2.51. The number of methoxy groups -OCH3 is 2. The van der Waals surface area contributed by atoms with E-state index in [-0.39, 0.29) is 31.6 Å². The van der Waals surface area contributed by atoms with E-state index in [9.17, 15) is 24.9 Å². The highest BCUT2D eigenvalue weighted by Crippen LogP contribution is 2.51. The summed E-state index contributed by atoms with van der Waals surface area (Å²) < 4.78 is 17.2. The lowest BCUT2D eigenvalue weighted by molar-refractivity contribution is -0.141. The summed E-state index contributed by atoms with van der Waals surface area (Å²) in [6.45, 7) is -0.0961. The SMILES string of the molecule is COc1cccc(CCN(C(=O)C2CCCC2)C2C=C(C(=O)NCCO)C3c4cc(CO)cc(OC)c4OC3C2O)c1. The van der Waals surface area contributed by atoms with Crippen LogP contribution in [-0.2, 0) is 22.6 Å². The summed E-state index contributed by atoms with van der Waals surface area (Å²) in [5.74, 6) is 0.248. The van der Waals surface area contributed by atoms with Crippen LogP contribution in [0.2, 0.25) is 0 Å². The van der Waals surface area contributed by atoms with Crippen molar-refractivity contribution in [1.82, 2.24) is 10.2 Å². The number of nitrogens with zero attached hydrogens (tertiary/aromatic N) is 1. The average molecular weight is 581 g/mol. The molecule has 4 N–H and O–H groups in total. The largest absolute Gasteiger partial charge is 0.497 e. The van der Waals surface area contributed by atoms with Gasteiger partial charge in [-0.2, -0.15) is 0 Å². The van der Waals surface area contributed by atoms with Gasteiger partial charge in [0.05, 0.1) is 39.4 Å². The fourth-order valence-electron chi connectivity index (χ4n) is 6.51. The standard InChI is InChI=1S/C32H40N2O8/c1-40-22-9-5-6-19(14-22)10-12-34(32(39)21-7-3-4-8-21)25-17-24(31(38)33-11-13-35)27-23-15-20(18-36)16-26(41-2)29(23)42-30(27)28(25)37/h5-6,9,14-17,21,25,27-28,30,35-37H,3-4,7-8,10-13,18H2,1-2H3,(H,33,38). The van der Waals surface area contributed by atoms with E-state index in [1.165, 1.54) is 7.11 Å². The lowest BCUT2D eigenvalue weighted by Gasteiger charge is -2.41. The van der Waals surface area contributed by atoms with Gasteiger partial charge in [0.2, 0.25) is 11.8 Å². The first kappa shape index (κ1) is 29.9. The predicted octanol–water partition coefficient (Wildman–Crippen LogP) is 2.08. The summed E-state index contributed by atoms with van der Waals surface area (Å²) in [6, 6.07) is 10.3. The Balaban J connectivity index is 1.55. The smallest absolute Gasteiger partial charge is 0.247 e. The molecule has 0 aromatic heterocycles. The van der Waals surface area contributed by atoms with Crippen molar-refractivity contribution in [2.45, 2.75) is 62.9 Å². The minimum absolute atomic E-state index is 0.0417. The third-order valence-electron chi connectivity index (χ3n) is 8.62.